The van der Waals surface area contributed by atoms with Crippen molar-refractivity contribution in [3.05, 3.63) is 63.9 Å². The number of benzene rings is 2. The summed E-state index contributed by atoms with van der Waals surface area (Å²) in [5, 5.41) is 7.14. The molecule has 2 aromatic heterocycles. The Labute approximate surface area is 173 Å². The van der Waals surface area contributed by atoms with E-state index in [1.165, 1.54) is 12.1 Å². The van der Waals surface area contributed by atoms with E-state index in [1.54, 1.807) is 12.1 Å². The van der Waals surface area contributed by atoms with Crippen LogP contribution < -0.4 is 15.8 Å². The van der Waals surface area contributed by atoms with Gasteiger partial charge < -0.3 is 18.9 Å². The number of nitrogens with zero attached hydrogens (tertiary/aromatic N) is 2. The van der Waals surface area contributed by atoms with Gasteiger partial charge in [0.25, 0.3) is 5.89 Å². The normalized spacial score (nSPS) is 11.0. The second-order valence-electron chi connectivity index (χ2n) is 6.23. The predicted octanol–water partition coefficient (Wildman–Crippen LogP) is 4.08. The van der Waals surface area contributed by atoms with E-state index < -0.39 is 24.0 Å². The molecule has 30 heavy (non-hydrogen) atoms. The van der Waals surface area contributed by atoms with Crippen molar-refractivity contribution in [1.82, 2.24) is 9.78 Å². The van der Waals surface area contributed by atoms with E-state index in [2.05, 4.69) is 10.4 Å². The van der Waals surface area contributed by atoms with E-state index in [4.69, 9.17) is 25.2 Å². The average Bonchev–Trinajstić information content (AvgIpc) is 3.29. The van der Waals surface area contributed by atoms with E-state index in [-0.39, 0.29) is 22.4 Å². The molecule has 0 aliphatic rings. The number of furan rings is 1. The highest BCUT2D eigenvalue weighted by atomic mass is 35.5. The van der Waals surface area contributed by atoms with Gasteiger partial charge in [0.15, 0.2) is 17.1 Å². The van der Waals surface area contributed by atoms with Gasteiger partial charge in [0.1, 0.15) is 12.4 Å². The Bertz CT molecular complexity index is 1290. The van der Waals surface area contributed by atoms with Crippen molar-refractivity contribution in [2.45, 2.75) is 13.5 Å². The lowest BCUT2D eigenvalue weighted by Gasteiger charge is -2.05. The van der Waals surface area contributed by atoms with Crippen LogP contribution in [0.1, 0.15) is 6.92 Å². The molecule has 0 atom stereocenters. The second-order valence-corrected chi connectivity index (χ2v) is 6.63. The Morgan fingerprint density at radius 3 is 2.87 bits per heavy atom. The van der Waals surface area contributed by atoms with Crippen molar-refractivity contribution < 1.29 is 22.8 Å². The first-order chi connectivity index (χ1) is 14.4. The van der Waals surface area contributed by atoms with Crippen LogP contribution >= 0.6 is 11.6 Å². The number of anilines is 1. The van der Waals surface area contributed by atoms with Gasteiger partial charge in [-0.1, -0.05) is 23.7 Å². The van der Waals surface area contributed by atoms with Gasteiger partial charge >= 0.3 is 5.76 Å². The first-order valence-electron chi connectivity index (χ1n) is 8.93. The molecule has 2 heterocycles. The molecule has 1 N–H and O–H groups in total. The molecular weight excluding hydrogens is 417 g/mol. The Morgan fingerprint density at radius 1 is 1.27 bits per heavy atom. The quantitative estimate of drug-likeness (QED) is 0.494. The highest BCUT2D eigenvalue weighted by Crippen LogP contribution is 2.32. The first kappa shape index (κ1) is 19.7. The molecule has 8 nitrogen and oxygen atoms in total. The molecule has 0 fully saturated rings. The lowest BCUT2D eigenvalue weighted by Crippen LogP contribution is -2.25. The van der Waals surface area contributed by atoms with Crippen LogP contribution in [0.4, 0.5) is 10.1 Å². The van der Waals surface area contributed by atoms with Crippen molar-refractivity contribution in [2.24, 2.45) is 0 Å². The minimum atomic E-state index is -0.831. The highest BCUT2D eigenvalue weighted by molar-refractivity contribution is 6.31. The minimum absolute atomic E-state index is 0.0729. The highest BCUT2D eigenvalue weighted by Gasteiger charge is 2.18. The van der Waals surface area contributed by atoms with Gasteiger partial charge in [0, 0.05) is 11.1 Å². The number of hydrogen-bond donors (Lipinski definition) is 1. The number of rotatable bonds is 6. The van der Waals surface area contributed by atoms with Crippen LogP contribution in [0, 0.1) is 5.82 Å². The maximum Gasteiger partial charge on any atom is 0.437 e. The average molecular weight is 432 g/mol. The molecule has 4 aromatic rings. The number of carbonyl (C=O) groups excluding carboxylic acids is 1. The smallest absolute Gasteiger partial charge is 0.437 e. The Balaban J connectivity index is 1.55. The molecule has 4 rings (SSSR count). The van der Waals surface area contributed by atoms with Crippen LogP contribution in [-0.4, -0.2) is 22.3 Å². The minimum Gasteiger partial charge on any atom is -0.490 e. The molecule has 0 aliphatic carbocycles. The molecule has 0 saturated carbocycles. The van der Waals surface area contributed by atoms with Crippen molar-refractivity contribution in [3.63, 3.8) is 0 Å². The second kappa shape index (κ2) is 8.03. The maximum atomic E-state index is 13.2. The Kier molecular flexibility index (Phi) is 5.28. The number of halogens is 2. The van der Waals surface area contributed by atoms with Crippen molar-refractivity contribution in [2.75, 3.05) is 11.9 Å². The summed E-state index contributed by atoms with van der Waals surface area (Å²) >= 11 is 5.69. The summed E-state index contributed by atoms with van der Waals surface area (Å²) in [7, 11) is 0. The number of carbonyl (C=O) groups is 1. The Morgan fingerprint density at radius 2 is 2.10 bits per heavy atom. The fourth-order valence-corrected chi connectivity index (χ4v) is 3.01. The van der Waals surface area contributed by atoms with Crippen LogP contribution in [0.2, 0.25) is 5.02 Å². The fraction of sp³-hybridized carbons (Fsp3) is 0.150. The summed E-state index contributed by atoms with van der Waals surface area (Å²) < 4.78 is 30.5. The maximum absolute atomic E-state index is 13.2. The summed E-state index contributed by atoms with van der Waals surface area (Å²) in [6, 6.07) is 10.8. The molecule has 0 aliphatic heterocycles. The molecule has 0 unspecified atom stereocenters. The van der Waals surface area contributed by atoms with Crippen LogP contribution in [0.15, 0.2) is 56.1 Å². The zero-order valence-electron chi connectivity index (χ0n) is 15.6. The zero-order valence-corrected chi connectivity index (χ0v) is 16.4. The monoisotopic (exact) mass is 431 g/mol. The summed E-state index contributed by atoms with van der Waals surface area (Å²) in [5.41, 5.74) is 0.779. The third kappa shape index (κ3) is 3.92. The van der Waals surface area contributed by atoms with Gasteiger partial charge in [0.05, 0.1) is 11.6 Å². The zero-order chi connectivity index (χ0) is 21.3. The van der Waals surface area contributed by atoms with Crippen molar-refractivity contribution >= 4 is 34.2 Å². The van der Waals surface area contributed by atoms with Crippen LogP contribution in [0.25, 0.3) is 22.6 Å². The van der Waals surface area contributed by atoms with Gasteiger partial charge in [-0.15, -0.1) is 5.10 Å². The molecule has 1 amide bonds. The molecule has 10 heteroatoms. The van der Waals surface area contributed by atoms with Crippen LogP contribution in [0.5, 0.6) is 5.75 Å². The lowest BCUT2D eigenvalue weighted by atomic mass is 10.2. The van der Waals surface area contributed by atoms with Crippen LogP contribution in [-0.2, 0) is 11.3 Å². The van der Waals surface area contributed by atoms with E-state index in [9.17, 15) is 14.0 Å². The number of para-hydroxylation sites is 1. The van der Waals surface area contributed by atoms with Crippen molar-refractivity contribution in [3.8, 4) is 17.4 Å². The predicted molar refractivity (Wildman–Crippen MR) is 107 cm³/mol. The number of ether oxygens (including phenoxy) is 1. The largest absolute Gasteiger partial charge is 0.490 e. The fourth-order valence-electron chi connectivity index (χ4n) is 2.83. The van der Waals surface area contributed by atoms with Gasteiger partial charge in [-0.25, -0.2) is 9.18 Å². The SMILES string of the molecule is CCOc1cccc2cc(-c3nn(CC(=O)Nc4ccc(F)c(Cl)c4)c(=O)o3)oc12. The number of hydrogen-bond acceptors (Lipinski definition) is 6. The van der Waals surface area contributed by atoms with E-state index in [1.807, 2.05) is 19.1 Å². The van der Waals surface area contributed by atoms with Crippen molar-refractivity contribution in [1.29, 1.82) is 0 Å². The van der Waals surface area contributed by atoms with E-state index >= 15 is 0 Å². The molecule has 0 bridgehead atoms. The summed E-state index contributed by atoms with van der Waals surface area (Å²) in [6.07, 6.45) is 0. The summed E-state index contributed by atoms with van der Waals surface area (Å²) in [5.74, 6) is -1.30. The van der Waals surface area contributed by atoms with E-state index in [0.29, 0.717) is 17.9 Å². The van der Waals surface area contributed by atoms with Gasteiger partial charge in [-0.3, -0.25) is 4.79 Å². The molecule has 0 spiro atoms. The van der Waals surface area contributed by atoms with Gasteiger partial charge in [-0.05, 0) is 37.3 Å². The molecular formula is C20H15ClFN3O5. The lowest BCUT2D eigenvalue weighted by molar-refractivity contribution is -0.117. The first-order valence-corrected chi connectivity index (χ1v) is 9.31. The van der Waals surface area contributed by atoms with Gasteiger partial charge in [-0.2, -0.15) is 4.68 Å². The summed E-state index contributed by atoms with van der Waals surface area (Å²) in [4.78, 5) is 24.3. The molecule has 154 valence electrons. The third-order valence-corrected chi connectivity index (χ3v) is 4.41. The number of nitrogens with one attached hydrogen (secondary N) is 1. The van der Waals surface area contributed by atoms with Gasteiger partial charge in [0.2, 0.25) is 5.91 Å². The standard InChI is InChI=1S/C20H15ClFN3O5/c1-2-28-15-5-3-4-11-8-16(29-18(11)15)19-24-25(20(27)30-19)10-17(26)23-12-6-7-14(22)13(21)9-12/h3-9H,2,10H2,1H3,(H,23,26). The van der Waals surface area contributed by atoms with Crippen LogP contribution in [0.3, 0.4) is 0 Å². The third-order valence-electron chi connectivity index (χ3n) is 4.12. The topological polar surface area (TPSA) is 99.5 Å². The number of fused-ring (bicyclic) bond motifs is 1. The Hall–Kier alpha value is -3.59. The number of amides is 1. The number of aromatic nitrogens is 2. The summed E-state index contributed by atoms with van der Waals surface area (Å²) in [6.45, 7) is 1.91. The van der Waals surface area contributed by atoms with E-state index in [0.717, 1.165) is 16.1 Å². The molecule has 2 aromatic carbocycles. The molecule has 0 radical (unpaired) electrons. The molecule has 0 saturated heterocycles.